The minimum Gasteiger partial charge on any atom is -0.363 e. The van der Waals surface area contributed by atoms with Gasteiger partial charge in [0.1, 0.15) is 6.33 Å². The van der Waals surface area contributed by atoms with Gasteiger partial charge in [-0.3, -0.25) is 0 Å². The van der Waals surface area contributed by atoms with Gasteiger partial charge in [-0.25, -0.2) is 14.4 Å². The molecule has 3 N–H and O–H groups in total. The standard InChI is InChI=1S/C8H11FN4/c1-4-7(9)8(12-3-11-4)13-6-2-5(6)10/h3,5-6H,2,10H2,1H3,(H,11,12,13). The van der Waals surface area contributed by atoms with Gasteiger partial charge in [-0.15, -0.1) is 0 Å². The fourth-order valence-electron chi connectivity index (χ4n) is 1.11. The van der Waals surface area contributed by atoms with E-state index in [1.807, 2.05) is 0 Å². The van der Waals surface area contributed by atoms with Gasteiger partial charge in [-0.1, -0.05) is 0 Å². The molecule has 1 saturated carbocycles. The van der Waals surface area contributed by atoms with Crippen LogP contribution in [0.5, 0.6) is 0 Å². The first-order valence-electron chi connectivity index (χ1n) is 4.17. The number of hydrogen-bond acceptors (Lipinski definition) is 4. The molecule has 0 aliphatic heterocycles. The minimum atomic E-state index is -0.387. The predicted molar refractivity (Wildman–Crippen MR) is 46.7 cm³/mol. The van der Waals surface area contributed by atoms with Crippen LogP contribution in [0.1, 0.15) is 12.1 Å². The molecule has 4 nitrogen and oxygen atoms in total. The second kappa shape index (κ2) is 2.92. The maximum Gasteiger partial charge on any atom is 0.186 e. The molecule has 1 fully saturated rings. The molecule has 2 atom stereocenters. The Labute approximate surface area is 75.4 Å². The lowest BCUT2D eigenvalue weighted by Crippen LogP contribution is -2.15. The van der Waals surface area contributed by atoms with Crippen molar-refractivity contribution in [3.8, 4) is 0 Å². The Bertz CT molecular complexity index is 328. The summed E-state index contributed by atoms with van der Waals surface area (Å²) in [7, 11) is 0. The maximum atomic E-state index is 13.3. The molecule has 13 heavy (non-hydrogen) atoms. The normalized spacial score (nSPS) is 25.8. The summed E-state index contributed by atoms with van der Waals surface area (Å²) in [4.78, 5) is 7.53. The molecule has 1 aliphatic carbocycles. The topological polar surface area (TPSA) is 63.8 Å². The average molecular weight is 182 g/mol. The van der Waals surface area contributed by atoms with Gasteiger partial charge in [0.25, 0.3) is 0 Å². The Hall–Kier alpha value is -1.23. The number of nitrogens with one attached hydrogen (secondary N) is 1. The molecular formula is C8H11FN4. The summed E-state index contributed by atoms with van der Waals surface area (Å²) >= 11 is 0. The lowest BCUT2D eigenvalue weighted by atomic mass is 10.4. The van der Waals surface area contributed by atoms with E-state index in [4.69, 9.17) is 5.73 Å². The third-order valence-corrected chi connectivity index (χ3v) is 2.13. The van der Waals surface area contributed by atoms with Gasteiger partial charge in [0.15, 0.2) is 11.6 Å². The molecule has 1 aliphatic rings. The monoisotopic (exact) mass is 182 g/mol. The van der Waals surface area contributed by atoms with Crippen LogP contribution in [0.2, 0.25) is 0 Å². The van der Waals surface area contributed by atoms with Crippen LogP contribution in [-0.4, -0.2) is 22.1 Å². The SMILES string of the molecule is Cc1ncnc(NC2CC2N)c1F. The van der Waals surface area contributed by atoms with Gasteiger partial charge in [-0.2, -0.15) is 0 Å². The van der Waals surface area contributed by atoms with Crippen LogP contribution in [0.4, 0.5) is 10.2 Å². The first-order valence-corrected chi connectivity index (χ1v) is 4.17. The molecule has 70 valence electrons. The quantitative estimate of drug-likeness (QED) is 0.696. The van der Waals surface area contributed by atoms with Gasteiger partial charge in [0, 0.05) is 12.1 Å². The largest absolute Gasteiger partial charge is 0.363 e. The zero-order valence-corrected chi connectivity index (χ0v) is 7.29. The number of hydrogen-bond donors (Lipinski definition) is 2. The van der Waals surface area contributed by atoms with Crippen molar-refractivity contribution >= 4 is 5.82 Å². The van der Waals surface area contributed by atoms with E-state index < -0.39 is 0 Å². The highest BCUT2D eigenvalue weighted by atomic mass is 19.1. The fourth-order valence-corrected chi connectivity index (χ4v) is 1.11. The smallest absolute Gasteiger partial charge is 0.186 e. The van der Waals surface area contributed by atoms with Crippen molar-refractivity contribution < 1.29 is 4.39 Å². The molecule has 2 unspecified atom stereocenters. The molecule has 0 aromatic carbocycles. The van der Waals surface area contributed by atoms with Crippen LogP contribution >= 0.6 is 0 Å². The van der Waals surface area contributed by atoms with Gasteiger partial charge in [0.2, 0.25) is 0 Å². The van der Waals surface area contributed by atoms with E-state index in [1.165, 1.54) is 6.33 Å². The van der Waals surface area contributed by atoms with Crippen molar-refractivity contribution in [2.75, 3.05) is 5.32 Å². The van der Waals surface area contributed by atoms with Crippen molar-refractivity contribution in [2.24, 2.45) is 5.73 Å². The second-order valence-corrected chi connectivity index (χ2v) is 3.27. The highest BCUT2D eigenvalue weighted by molar-refractivity contribution is 5.40. The van der Waals surface area contributed by atoms with Crippen molar-refractivity contribution in [1.82, 2.24) is 9.97 Å². The van der Waals surface area contributed by atoms with Crippen LogP contribution in [-0.2, 0) is 0 Å². The lowest BCUT2D eigenvalue weighted by Gasteiger charge is -2.05. The van der Waals surface area contributed by atoms with Crippen molar-refractivity contribution in [1.29, 1.82) is 0 Å². The van der Waals surface area contributed by atoms with Gasteiger partial charge in [0.05, 0.1) is 5.69 Å². The van der Waals surface area contributed by atoms with Crippen LogP contribution in [0.15, 0.2) is 6.33 Å². The molecule has 0 saturated heterocycles. The summed E-state index contributed by atoms with van der Waals surface area (Å²) in [5.74, 6) is -0.132. The molecule has 1 aromatic heterocycles. The number of rotatable bonds is 2. The molecule has 2 rings (SSSR count). The Kier molecular flexibility index (Phi) is 1.88. The molecule has 0 bridgehead atoms. The third kappa shape index (κ3) is 1.60. The van der Waals surface area contributed by atoms with E-state index in [0.717, 1.165) is 6.42 Å². The van der Waals surface area contributed by atoms with Gasteiger partial charge < -0.3 is 11.1 Å². The first-order chi connectivity index (χ1) is 6.18. The molecule has 0 radical (unpaired) electrons. The maximum absolute atomic E-state index is 13.3. The first kappa shape index (κ1) is 8.37. The number of halogens is 1. The molecular weight excluding hydrogens is 171 g/mol. The van der Waals surface area contributed by atoms with Crippen LogP contribution in [0.25, 0.3) is 0 Å². The zero-order chi connectivity index (χ0) is 9.42. The van der Waals surface area contributed by atoms with E-state index in [2.05, 4.69) is 15.3 Å². The van der Waals surface area contributed by atoms with E-state index in [1.54, 1.807) is 6.92 Å². The number of aryl methyl sites for hydroxylation is 1. The summed E-state index contributed by atoms with van der Waals surface area (Å²) in [5, 5.41) is 2.92. The number of anilines is 1. The summed E-state index contributed by atoms with van der Waals surface area (Å²) in [5.41, 5.74) is 5.93. The third-order valence-electron chi connectivity index (χ3n) is 2.13. The Balaban J connectivity index is 2.15. The lowest BCUT2D eigenvalue weighted by molar-refractivity contribution is 0.604. The molecule has 1 aromatic rings. The van der Waals surface area contributed by atoms with Gasteiger partial charge >= 0.3 is 0 Å². The van der Waals surface area contributed by atoms with E-state index in [9.17, 15) is 4.39 Å². The Morgan fingerprint density at radius 3 is 2.92 bits per heavy atom. The van der Waals surface area contributed by atoms with Crippen LogP contribution in [0.3, 0.4) is 0 Å². The predicted octanol–water partition coefficient (Wildman–Crippen LogP) is 0.436. The number of aromatic nitrogens is 2. The summed E-state index contributed by atoms with van der Waals surface area (Å²) < 4.78 is 13.3. The fraction of sp³-hybridized carbons (Fsp3) is 0.500. The highest BCUT2D eigenvalue weighted by Crippen LogP contribution is 2.24. The second-order valence-electron chi connectivity index (χ2n) is 3.27. The molecule has 1 heterocycles. The van der Waals surface area contributed by atoms with Crippen LogP contribution in [0, 0.1) is 12.7 Å². The van der Waals surface area contributed by atoms with Crippen molar-refractivity contribution in [3.63, 3.8) is 0 Å². The van der Waals surface area contributed by atoms with Crippen molar-refractivity contribution in [2.45, 2.75) is 25.4 Å². The van der Waals surface area contributed by atoms with E-state index >= 15 is 0 Å². The summed E-state index contributed by atoms with van der Waals surface area (Å²) in [6, 6.07) is 0.304. The van der Waals surface area contributed by atoms with Gasteiger partial charge in [-0.05, 0) is 13.3 Å². The van der Waals surface area contributed by atoms with Crippen molar-refractivity contribution in [3.05, 3.63) is 17.8 Å². The van der Waals surface area contributed by atoms with E-state index in [-0.39, 0.29) is 23.7 Å². The zero-order valence-electron chi connectivity index (χ0n) is 7.29. The minimum absolute atomic E-state index is 0.134. The molecule has 5 heteroatoms. The Morgan fingerprint density at radius 1 is 1.62 bits per heavy atom. The van der Waals surface area contributed by atoms with E-state index in [0.29, 0.717) is 5.69 Å². The number of nitrogens with two attached hydrogens (primary N) is 1. The Morgan fingerprint density at radius 2 is 2.31 bits per heavy atom. The highest BCUT2D eigenvalue weighted by Gasteiger charge is 2.34. The summed E-state index contributed by atoms with van der Waals surface area (Å²) in [6.45, 7) is 1.61. The van der Waals surface area contributed by atoms with Crippen LogP contribution < -0.4 is 11.1 Å². The summed E-state index contributed by atoms with van der Waals surface area (Å²) in [6.07, 6.45) is 2.22. The molecule has 0 spiro atoms. The molecule has 0 amide bonds. The number of nitrogens with zero attached hydrogens (tertiary/aromatic N) is 2. The average Bonchev–Trinajstić information content (AvgIpc) is 2.77.